The molecule has 0 N–H and O–H groups in total. The lowest BCUT2D eigenvalue weighted by atomic mass is 10.00. The lowest BCUT2D eigenvalue weighted by Crippen LogP contribution is -2.02. The van der Waals surface area contributed by atoms with Gasteiger partial charge in [-0.2, -0.15) is 0 Å². The molecule has 0 aliphatic rings. The van der Waals surface area contributed by atoms with Gasteiger partial charge in [0.2, 0.25) is 0 Å². The van der Waals surface area contributed by atoms with Crippen LogP contribution in [0, 0.1) is 31.3 Å². The van der Waals surface area contributed by atoms with E-state index in [1.807, 2.05) is 0 Å². The van der Waals surface area contributed by atoms with E-state index in [4.69, 9.17) is 11.6 Å². The maximum absolute atomic E-state index is 13.8. The van der Waals surface area contributed by atoms with Crippen molar-refractivity contribution in [2.24, 2.45) is 0 Å². The van der Waals surface area contributed by atoms with Crippen LogP contribution in [0.15, 0.2) is 30.3 Å². The number of rotatable bonds is 2. The Morgan fingerprint density at radius 3 is 2.16 bits per heavy atom. The van der Waals surface area contributed by atoms with Crippen molar-refractivity contribution >= 4 is 11.6 Å². The van der Waals surface area contributed by atoms with Crippen molar-refractivity contribution in [2.45, 2.75) is 19.2 Å². The standard InChI is InChI=1S/C15H12ClF3/c1-8-3-4-12(17)10(5-8)15(16)11-6-9(2)13(18)7-14(11)19/h3-7,15H,1-2H3. The van der Waals surface area contributed by atoms with E-state index in [2.05, 4.69) is 0 Å². The fourth-order valence-corrected chi connectivity index (χ4v) is 2.23. The van der Waals surface area contributed by atoms with E-state index >= 15 is 0 Å². The molecule has 1 atom stereocenters. The second-order valence-corrected chi connectivity index (χ2v) is 4.95. The van der Waals surface area contributed by atoms with E-state index in [0.717, 1.165) is 11.6 Å². The van der Waals surface area contributed by atoms with E-state index in [0.29, 0.717) is 0 Å². The first-order chi connectivity index (χ1) is 8.90. The summed E-state index contributed by atoms with van der Waals surface area (Å²) in [6, 6.07) is 6.53. The summed E-state index contributed by atoms with van der Waals surface area (Å²) in [6.07, 6.45) is 0. The van der Waals surface area contributed by atoms with E-state index in [1.54, 1.807) is 19.1 Å². The fourth-order valence-electron chi connectivity index (χ4n) is 1.90. The van der Waals surface area contributed by atoms with E-state index in [1.165, 1.54) is 19.1 Å². The van der Waals surface area contributed by atoms with Gasteiger partial charge in [0.1, 0.15) is 17.5 Å². The highest BCUT2D eigenvalue weighted by Crippen LogP contribution is 2.33. The molecule has 0 amide bonds. The minimum Gasteiger partial charge on any atom is -0.207 e. The summed E-state index contributed by atoms with van der Waals surface area (Å²) in [7, 11) is 0. The van der Waals surface area contributed by atoms with E-state index in [9.17, 15) is 13.2 Å². The maximum atomic E-state index is 13.8. The van der Waals surface area contributed by atoms with Crippen LogP contribution in [0.1, 0.15) is 27.6 Å². The minimum atomic E-state index is -0.987. The van der Waals surface area contributed by atoms with Gasteiger partial charge in [-0.05, 0) is 31.5 Å². The van der Waals surface area contributed by atoms with Crippen molar-refractivity contribution in [3.63, 3.8) is 0 Å². The summed E-state index contributed by atoms with van der Waals surface area (Å²) in [5.74, 6) is -1.93. The van der Waals surface area contributed by atoms with Crippen LogP contribution in [0.4, 0.5) is 13.2 Å². The van der Waals surface area contributed by atoms with E-state index < -0.39 is 22.8 Å². The second-order valence-electron chi connectivity index (χ2n) is 4.51. The Morgan fingerprint density at radius 1 is 0.842 bits per heavy atom. The Kier molecular flexibility index (Phi) is 3.85. The molecule has 0 aliphatic heterocycles. The van der Waals surface area contributed by atoms with Crippen LogP contribution in [0.5, 0.6) is 0 Å². The molecule has 0 heterocycles. The number of hydrogen-bond acceptors (Lipinski definition) is 0. The largest absolute Gasteiger partial charge is 0.207 e. The van der Waals surface area contributed by atoms with E-state index in [-0.39, 0.29) is 16.7 Å². The summed E-state index contributed by atoms with van der Waals surface area (Å²) in [5.41, 5.74) is 1.35. The van der Waals surface area contributed by atoms with Gasteiger partial charge in [0, 0.05) is 17.2 Å². The fraction of sp³-hybridized carbons (Fsp3) is 0.200. The number of aryl methyl sites for hydroxylation is 2. The molecule has 100 valence electrons. The third-order valence-corrected chi connectivity index (χ3v) is 3.45. The zero-order valence-corrected chi connectivity index (χ0v) is 11.2. The molecule has 0 radical (unpaired) electrons. The van der Waals surface area contributed by atoms with Crippen LogP contribution >= 0.6 is 11.6 Å². The number of hydrogen-bond donors (Lipinski definition) is 0. The average molecular weight is 285 g/mol. The van der Waals surface area contributed by atoms with Gasteiger partial charge in [0.05, 0.1) is 5.38 Å². The van der Waals surface area contributed by atoms with Crippen LogP contribution in [0.3, 0.4) is 0 Å². The molecule has 2 aromatic rings. The molecule has 19 heavy (non-hydrogen) atoms. The van der Waals surface area contributed by atoms with Crippen LogP contribution in [-0.4, -0.2) is 0 Å². The van der Waals surface area contributed by atoms with Gasteiger partial charge in [0.15, 0.2) is 0 Å². The van der Waals surface area contributed by atoms with Crippen LogP contribution < -0.4 is 0 Å². The van der Waals surface area contributed by atoms with Crippen molar-refractivity contribution in [3.05, 3.63) is 70.0 Å². The Labute approximate surface area is 114 Å². The molecule has 2 aromatic carbocycles. The van der Waals surface area contributed by atoms with Gasteiger partial charge < -0.3 is 0 Å². The summed E-state index contributed by atoms with van der Waals surface area (Å²) in [6.45, 7) is 3.30. The Morgan fingerprint density at radius 2 is 1.47 bits per heavy atom. The maximum Gasteiger partial charge on any atom is 0.131 e. The number of benzene rings is 2. The molecule has 0 bridgehead atoms. The molecule has 0 nitrogen and oxygen atoms in total. The number of alkyl halides is 1. The molecule has 0 fully saturated rings. The molecular formula is C15H12ClF3. The predicted molar refractivity (Wildman–Crippen MR) is 69.9 cm³/mol. The predicted octanol–water partition coefficient (Wildman–Crippen LogP) is 5.05. The SMILES string of the molecule is Cc1ccc(F)c(C(Cl)c2cc(C)c(F)cc2F)c1. The van der Waals surface area contributed by atoms with Gasteiger partial charge in [-0.3, -0.25) is 0 Å². The van der Waals surface area contributed by atoms with Crippen molar-refractivity contribution in [3.8, 4) is 0 Å². The van der Waals surface area contributed by atoms with Crippen molar-refractivity contribution in [1.82, 2.24) is 0 Å². The Bertz CT molecular complexity index is 623. The molecule has 0 saturated carbocycles. The molecule has 0 aromatic heterocycles. The molecule has 0 saturated heterocycles. The van der Waals surface area contributed by atoms with Gasteiger partial charge in [-0.1, -0.05) is 17.7 Å². The molecule has 2 rings (SSSR count). The monoisotopic (exact) mass is 284 g/mol. The van der Waals surface area contributed by atoms with Crippen molar-refractivity contribution < 1.29 is 13.2 Å². The highest BCUT2D eigenvalue weighted by Gasteiger charge is 2.20. The van der Waals surface area contributed by atoms with Crippen molar-refractivity contribution in [2.75, 3.05) is 0 Å². The van der Waals surface area contributed by atoms with Crippen LogP contribution in [0.2, 0.25) is 0 Å². The number of halogens is 4. The minimum absolute atomic E-state index is 0.0741. The molecule has 1 unspecified atom stereocenters. The molecular weight excluding hydrogens is 273 g/mol. The zero-order valence-electron chi connectivity index (χ0n) is 10.5. The van der Waals surface area contributed by atoms with Gasteiger partial charge in [-0.25, -0.2) is 13.2 Å². The lowest BCUT2D eigenvalue weighted by Gasteiger charge is -2.14. The van der Waals surface area contributed by atoms with Crippen molar-refractivity contribution in [1.29, 1.82) is 0 Å². The van der Waals surface area contributed by atoms with Crippen LogP contribution in [-0.2, 0) is 0 Å². The van der Waals surface area contributed by atoms with Gasteiger partial charge in [0.25, 0.3) is 0 Å². The third-order valence-electron chi connectivity index (χ3n) is 2.98. The highest BCUT2D eigenvalue weighted by atomic mass is 35.5. The first-order valence-corrected chi connectivity index (χ1v) is 6.19. The first kappa shape index (κ1) is 13.9. The average Bonchev–Trinajstić information content (AvgIpc) is 2.36. The smallest absolute Gasteiger partial charge is 0.131 e. The van der Waals surface area contributed by atoms with Crippen LogP contribution in [0.25, 0.3) is 0 Å². The summed E-state index contributed by atoms with van der Waals surface area (Å²) < 4.78 is 40.7. The normalized spacial score (nSPS) is 12.5. The molecule has 0 aliphatic carbocycles. The van der Waals surface area contributed by atoms with Gasteiger partial charge in [-0.15, -0.1) is 11.6 Å². The summed E-state index contributed by atoms with van der Waals surface area (Å²) >= 11 is 6.14. The topological polar surface area (TPSA) is 0 Å². The Hall–Kier alpha value is -1.48. The van der Waals surface area contributed by atoms with Gasteiger partial charge >= 0.3 is 0 Å². The summed E-state index contributed by atoms with van der Waals surface area (Å²) in [4.78, 5) is 0. The second kappa shape index (κ2) is 5.25. The lowest BCUT2D eigenvalue weighted by molar-refractivity contribution is 0.565. The highest BCUT2D eigenvalue weighted by molar-refractivity contribution is 6.22. The Balaban J connectivity index is 2.52. The summed E-state index contributed by atoms with van der Waals surface area (Å²) in [5, 5.41) is -0.987. The zero-order chi connectivity index (χ0) is 14.2. The molecule has 0 spiro atoms. The quantitative estimate of drug-likeness (QED) is 0.677. The molecule has 4 heteroatoms. The third kappa shape index (κ3) is 2.76. The first-order valence-electron chi connectivity index (χ1n) is 5.76.